The minimum absolute atomic E-state index is 0.0348. The fourth-order valence-corrected chi connectivity index (χ4v) is 1.76. The fourth-order valence-electron chi connectivity index (χ4n) is 1.76. The number of hydrogen-bond acceptors (Lipinski definition) is 4. The summed E-state index contributed by atoms with van der Waals surface area (Å²) in [5.41, 5.74) is 0. The first-order valence-corrected chi connectivity index (χ1v) is 6.91. The Bertz CT molecular complexity index is 303. The molecule has 0 aliphatic rings. The highest BCUT2D eigenvalue weighted by atomic mass is 16.2. The molecule has 2 N–H and O–H groups in total. The lowest BCUT2D eigenvalue weighted by Gasteiger charge is -2.15. The molecule has 5 heteroatoms. The SMILES string of the molecule is CNCCCCCC(=O)NC(CCC(C)=O)C(C)=O. The monoisotopic (exact) mass is 270 g/mol. The number of unbranched alkanes of at least 4 members (excludes halogenated alkanes) is 2. The predicted octanol–water partition coefficient (Wildman–Crippen LogP) is 1.21. The normalized spacial score (nSPS) is 11.9. The second-order valence-electron chi connectivity index (χ2n) is 4.89. The van der Waals surface area contributed by atoms with Crippen LogP contribution in [-0.2, 0) is 14.4 Å². The van der Waals surface area contributed by atoms with E-state index in [1.807, 2.05) is 7.05 Å². The lowest BCUT2D eigenvalue weighted by Crippen LogP contribution is -2.39. The first-order chi connectivity index (χ1) is 8.97. The lowest BCUT2D eigenvalue weighted by atomic mass is 10.1. The molecule has 0 spiro atoms. The van der Waals surface area contributed by atoms with Crippen LogP contribution >= 0.6 is 0 Å². The number of hydrogen-bond donors (Lipinski definition) is 2. The summed E-state index contributed by atoms with van der Waals surface area (Å²) in [4.78, 5) is 33.9. The van der Waals surface area contributed by atoms with Gasteiger partial charge in [-0.1, -0.05) is 6.42 Å². The summed E-state index contributed by atoms with van der Waals surface area (Å²) in [5.74, 6) is -0.162. The van der Waals surface area contributed by atoms with Crippen molar-refractivity contribution in [3.63, 3.8) is 0 Å². The van der Waals surface area contributed by atoms with E-state index in [0.717, 1.165) is 25.8 Å². The summed E-state index contributed by atoms with van der Waals surface area (Å²) in [6, 6.07) is -0.520. The number of carbonyl (C=O) groups excluding carboxylic acids is 3. The number of carbonyl (C=O) groups is 3. The van der Waals surface area contributed by atoms with Gasteiger partial charge in [0.25, 0.3) is 0 Å². The fraction of sp³-hybridized carbons (Fsp3) is 0.786. The van der Waals surface area contributed by atoms with Crippen molar-refractivity contribution in [1.82, 2.24) is 10.6 Å². The molecule has 5 nitrogen and oxygen atoms in total. The summed E-state index contributed by atoms with van der Waals surface area (Å²) in [5, 5.41) is 5.76. The van der Waals surface area contributed by atoms with Crippen LogP contribution in [0.2, 0.25) is 0 Å². The van der Waals surface area contributed by atoms with Crippen LogP contribution in [0.5, 0.6) is 0 Å². The van der Waals surface area contributed by atoms with Gasteiger partial charge in [-0.2, -0.15) is 0 Å². The van der Waals surface area contributed by atoms with Crippen LogP contribution < -0.4 is 10.6 Å². The number of rotatable bonds is 11. The Hall–Kier alpha value is -1.23. The van der Waals surface area contributed by atoms with Crippen LogP contribution in [-0.4, -0.2) is 37.1 Å². The highest BCUT2D eigenvalue weighted by Crippen LogP contribution is 2.03. The Balaban J connectivity index is 3.90. The quantitative estimate of drug-likeness (QED) is 0.553. The van der Waals surface area contributed by atoms with E-state index >= 15 is 0 Å². The topological polar surface area (TPSA) is 75.3 Å². The molecule has 0 aromatic rings. The van der Waals surface area contributed by atoms with Gasteiger partial charge >= 0.3 is 0 Å². The molecule has 0 saturated heterocycles. The molecule has 1 unspecified atom stereocenters. The highest BCUT2D eigenvalue weighted by molar-refractivity contribution is 5.88. The molecule has 19 heavy (non-hydrogen) atoms. The van der Waals surface area contributed by atoms with Crippen LogP contribution in [0, 0.1) is 0 Å². The molecule has 0 fully saturated rings. The van der Waals surface area contributed by atoms with E-state index in [2.05, 4.69) is 10.6 Å². The standard InChI is InChI=1S/C14H26N2O3/c1-11(17)8-9-13(12(2)18)16-14(19)7-5-4-6-10-15-3/h13,15H,4-10H2,1-3H3,(H,16,19). The zero-order valence-corrected chi connectivity index (χ0v) is 12.3. The van der Waals surface area contributed by atoms with Gasteiger partial charge in [0.2, 0.25) is 5.91 Å². The van der Waals surface area contributed by atoms with Gasteiger partial charge in [-0.15, -0.1) is 0 Å². The Kier molecular flexibility index (Phi) is 9.98. The van der Waals surface area contributed by atoms with Crippen LogP contribution in [0.4, 0.5) is 0 Å². The van der Waals surface area contributed by atoms with E-state index < -0.39 is 6.04 Å². The molecular weight excluding hydrogens is 244 g/mol. The first kappa shape index (κ1) is 17.8. The van der Waals surface area contributed by atoms with Gasteiger partial charge in [0, 0.05) is 12.8 Å². The zero-order valence-electron chi connectivity index (χ0n) is 12.3. The Morgan fingerprint density at radius 3 is 2.21 bits per heavy atom. The Morgan fingerprint density at radius 1 is 1.00 bits per heavy atom. The maximum absolute atomic E-state index is 11.7. The summed E-state index contributed by atoms with van der Waals surface area (Å²) in [6.07, 6.45) is 4.03. The van der Waals surface area contributed by atoms with E-state index in [9.17, 15) is 14.4 Å². The molecule has 0 saturated carbocycles. The number of amides is 1. The molecular formula is C14H26N2O3. The van der Waals surface area contributed by atoms with E-state index in [1.54, 1.807) is 0 Å². The smallest absolute Gasteiger partial charge is 0.220 e. The second-order valence-corrected chi connectivity index (χ2v) is 4.89. The van der Waals surface area contributed by atoms with Crippen molar-refractivity contribution in [2.75, 3.05) is 13.6 Å². The van der Waals surface area contributed by atoms with E-state index in [4.69, 9.17) is 0 Å². The van der Waals surface area contributed by atoms with Crippen molar-refractivity contribution in [3.05, 3.63) is 0 Å². The molecule has 0 aliphatic carbocycles. The van der Waals surface area contributed by atoms with E-state index in [1.165, 1.54) is 13.8 Å². The lowest BCUT2D eigenvalue weighted by molar-refractivity contribution is -0.127. The summed E-state index contributed by atoms with van der Waals surface area (Å²) in [7, 11) is 1.90. The highest BCUT2D eigenvalue weighted by Gasteiger charge is 2.17. The molecule has 0 radical (unpaired) electrons. The van der Waals surface area contributed by atoms with Crippen LogP contribution in [0.25, 0.3) is 0 Å². The van der Waals surface area contributed by atoms with Crippen LogP contribution in [0.3, 0.4) is 0 Å². The molecule has 0 heterocycles. The van der Waals surface area contributed by atoms with Crippen molar-refractivity contribution in [3.8, 4) is 0 Å². The Labute approximate surface area is 115 Å². The van der Waals surface area contributed by atoms with Gasteiger partial charge in [0.15, 0.2) is 5.78 Å². The van der Waals surface area contributed by atoms with Gasteiger partial charge in [0.05, 0.1) is 6.04 Å². The van der Waals surface area contributed by atoms with E-state index in [-0.39, 0.29) is 17.5 Å². The third-order valence-corrected chi connectivity index (χ3v) is 2.94. The summed E-state index contributed by atoms with van der Waals surface area (Å²) >= 11 is 0. The van der Waals surface area contributed by atoms with E-state index in [0.29, 0.717) is 19.3 Å². The third-order valence-electron chi connectivity index (χ3n) is 2.94. The van der Waals surface area contributed by atoms with Crippen molar-refractivity contribution in [2.24, 2.45) is 0 Å². The molecule has 1 atom stereocenters. The molecule has 0 bridgehead atoms. The second kappa shape index (κ2) is 10.7. The predicted molar refractivity (Wildman–Crippen MR) is 74.9 cm³/mol. The van der Waals surface area contributed by atoms with Crippen molar-refractivity contribution < 1.29 is 14.4 Å². The average Bonchev–Trinajstić information content (AvgIpc) is 2.33. The largest absolute Gasteiger partial charge is 0.346 e. The summed E-state index contributed by atoms with van der Waals surface area (Å²) in [6.45, 7) is 3.88. The number of Topliss-reactive ketones (excluding diaryl/α,β-unsaturated/α-hetero) is 2. The summed E-state index contributed by atoms with van der Waals surface area (Å²) < 4.78 is 0. The average molecular weight is 270 g/mol. The van der Waals surface area contributed by atoms with Crippen molar-refractivity contribution in [1.29, 1.82) is 0 Å². The number of nitrogens with one attached hydrogen (secondary N) is 2. The van der Waals surface area contributed by atoms with Gasteiger partial charge in [-0.3, -0.25) is 9.59 Å². The van der Waals surface area contributed by atoms with Gasteiger partial charge < -0.3 is 15.4 Å². The minimum Gasteiger partial charge on any atom is -0.346 e. The third kappa shape index (κ3) is 10.4. The van der Waals surface area contributed by atoms with Crippen LogP contribution in [0.1, 0.15) is 52.4 Å². The van der Waals surface area contributed by atoms with Gasteiger partial charge in [-0.25, -0.2) is 0 Å². The minimum atomic E-state index is -0.520. The zero-order chi connectivity index (χ0) is 14.7. The van der Waals surface area contributed by atoms with Gasteiger partial charge in [0.1, 0.15) is 5.78 Å². The number of ketones is 2. The maximum atomic E-state index is 11.7. The molecule has 0 aliphatic heterocycles. The molecule has 0 rings (SSSR count). The molecule has 0 aromatic heterocycles. The Morgan fingerprint density at radius 2 is 1.68 bits per heavy atom. The van der Waals surface area contributed by atoms with Crippen molar-refractivity contribution >= 4 is 17.5 Å². The van der Waals surface area contributed by atoms with Gasteiger partial charge in [-0.05, 0) is 46.7 Å². The van der Waals surface area contributed by atoms with Crippen LogP contribution in [0.15, 0.2) is 0 Å². The molecule has 110 valence electrons. The first-order valence-electron chi connectivity index (χ1n) is 6.91. The van der Waals surface area contributed by atoms with Crippen molar-refractivity contribution in [2.45, 2.75) is 58.4 Å². The molecule has 1 amide bonds. The maximum Gasteiger partial charge on any atom is 0.220 e. The molecule has 0 aromatic carbocycles.